The van der Waals surface area contributed by atoms with E-state index in [9.17, 15) is 4.79 Å². The Hall–Kier alpha value is -1.60. The molecule has 0 aliphatic rings. The second-order valence-corrected chi connectivity index (χ2v) is 3.73. The van der Waals surface area contributed by atoms with Crippen LogP contribution in [0.5, 0.6) is 0 Å². The predicted octanol–water partition coefficient (Wildman–Crippen LogP) is -0.386. The maximum Gasteiger partial charge on any atom is 0.273 e. The van der Waals surface area contributed by atoms with Gasteiger partial charge in [-0.05, 0) is 13.3 Å². The maximum atomic E-state index is 11.7. The number of amides is 1. The van der Waals surface area contributed by atoms with Gasteiger partial charge in [0.1, 0.15) is 0 Å². The number of rotatable bonds is 8. The van der Waals surface area contributed by atoms with Crippen molar-refractivity contribution in [2.45, 2.75) is 19.9 Å². The lowest BCUT2D eigenvalue weighted by Gasteiger charge is -2.04. The normalized spacial score (nSPS) is 10.6. The minimum absolute atomic E-state index is 0.0113. The predicted molar refractivity (Wildman–Crippen MR) is 67.2 cm³/mol. The molecule has 7 heteroatoms. The van der Waals surface area contributed by atoms with E-state index in [4.69, 9.17) is 15.6 Å². The number of ether oxygens (including phenoxy) is 1. The van der Waals surface area contributed by atoms with Crippen LogP contribution in [0.1, 0.15) is 23.8 Å². The van der Waals surface area contributed by atoms with E-state index in [0.29, 0.717) is 38.4 Å². The number of nitrogens with one attached hydrogen (secondary N) is 1. The van der Waals surface area contributed by atoms with Crippen LogP contribution in [0.2, 0.25) is 0 Å². The number of nitrogen functional groups attached to an aromatic ring is 1. The van der Waals surface area contributed by atoms with Crippen molar-refractivity contribution in [2.24, 2.45) is 0 Å². The van der Waals surface area contributed by atoms with Crippen LogP contribution in [0.25, 0.3) is 0 Å². The van der Waals surface area contributed by atoms with Gasteiger partial charge in [0, 0.05) is 25.9 Å². The van der Waals surface area contributed by atoms with Crippen molar-refractivity contribution in [3.63, 3.8) is 0 Å². The number of aromatic nitrogens is 2. The average Bonchev–Trinajstić information content (AvgIpc) is 2.75. The van der Waals surface area contributed by atoms with Crippen molar-refractivity contribution in [3.05, 3.63) is 11.9 Å². The summed E-state index contributed by atoms with van der Waals surface area (Å²) >= 11 is 0. The van der Waals surface area contributed by atoms with Gasteiger partial charge in [0.15, 0.2) is 5.69 Å². The molecule has 0 fully saturated rings. The Morgan fingerprint density at radius 3 is 3.00 bits per heavy atom. The molecule has 0 aliphatic carbocycles. The zero-order valence-corrected chi connectivity index (χ0v) is 10.6. The molecule has 1 heterocycles. The molecule has 0 saturated heterocycles. The van der Waals surface area contributed by atoms with E-state index in [1.165, 1.54) is 0 Å². The SMILES string of the molecule is CCn1cc(N)c(C(=O)NCCCOCCO)n1. The summed E-state index contributed by atoms with van der Waals surface area (Å²) in [6.45, 7) is 3.92. The first kappa shape index (κ1) is 14.5. The Balaban J connectivity index is 2.29. The molecule has 0 radical (unpaired) electrons. The molecule has 18 heavy (non-hydrogen) atoms. The molecule has 0 aromatic carbocycles. The summed E-state index contributed by atoms with van der Waals surface area (Å²) in [4.78, 5) is 11.7. The number of aliphatic hydroxyl groups is 1. The zero-order chi connectivity index (χ0) is 13.4. The van der Waals surface area contributed by atoms with Crippen LogP contribution in [-0.2, 0) is 11.3 Å². The van der Waals surface area contributed by atoms with Crippen molar-refractivity contribution in [1.29, 1.82) is 0 Å². The summed E-state index contributed by atoms with van der Waals surface area (Å²) in [7, 11) is 0. The number of nitrogens with two attached hydrogens (primary N) is 1. The Bertz CT molecular complexity index is 378. The molecule has 4 N–H and O–H groups in total. The first-order valence-corrected chi connectivity index (χ1v) is 5.98. The lowest BCUT2D eigenvalue weighted by Crippen LogP contribution is -2.26. The Morgan fingerprint density at radius 2 is 2.39 bits per heavy atom. The molecule has 1 aromatic rings. The molecule has 0 saturated carbocycles. The third-order valence-corrected chi connectivity index (χ3v) is 2.32. The van der Waals surface area contributed by atoms with E-state index >= 15 is 0 Å². The lowest BCUT2D eigenvalue weighted by molar-refractivity contribution is 0.0865. The van der Waals surface area contributed by atoms with Crippen LogP contribution in [0.4, 0.5) is 5.69 Å². The average molecular weight is 256 g/mol. The van der Waals surface area contributed by atoms with Gasteiger partial charge < -0.3 is 20.9 Å². The standard InChI is InChI=1S/C11H20N4O3/c1-2-15-8-9(12)10(14-15)11(17)13-4-3-6-18-7-5-16/h8,16H,2-7,12H2,1H3,(H,13,17). The summed E-state index contributed by atoms with van der Waals surface area (Å²) in [5.74, 6) is -0.276. The minimum atomic E-state index is -0.276. The fourth-order valence-electron chi connectivity index (χ4n) is 1.40. The maximum absolute atomic E-state index is 11.7. The van der Waals surface area contributed by atoms with Gasteiger partial charge in [-0.2, -0.15) is 5.10 Å². The number of hydrogen-bond donors (Lipinski definition) is 3. The van der Waals surface area contributed by atoms with Crippen LogP contribution in [0.3, 0.4) is 0 Å². The Kier molecular flexibility index (Phi) is 6.16. The van der Waals surface area contributed by atoms with Crippen LogP contribution < -0.4 is 11.1 Å². The fourth-order valence-corrected chi connectivity index (χ4v) is 1.40. The molecule has 7 nitrogen and oxygen atoms in total. The van der Waals surface area contributed by atoms with Crippen molar-refractivity contribution >= 4 is 11.6 Å². The second kappa shape index (κ2) is 7.67. The fraction of sp³-hybridized carbons (Fsp3) is 0.636. The molecule has 1 amide bonds. The van der Waals surface area contributed by atoms with Gasteiger partial charge >= 0.3 is 0 Å². The summed E-state index contributed by atoms with van der Waals surface area (Å²) in [5, 5.41) is 15.3. The van der Waals surface area contributed by atoms with Crippen LogP contribution in [0.15, 0.2) is 6.20 Å². The number of hydrogen-bond acceptors (Lipinski definition) is 5. The van der Waals surface area contributed by atoms with Gasteiger partial charge in [0.05, 0.1) is 18.9 Å². The molecule has 0 unspecified atom stereocenters. The summed E-state index contributed by atoms with van der Waals surface area (Å²) in [5.41, 5.74) is 6.33. The summed E-state index contributed by atoms with van der Waals surface area (Å²) in [6, 6.07) is 0. The van der Waals surface area contributed by atoms with Gasteiger partial charge in [-0.3, -0.25) is 9.48 Å². The summed E-state index contributed by atoms with van der Waals surface area (Å²) in [6.07, 6.45) is 2.32. The number of anilines is 1. The van der Waals surface area contributed by atoms with Gasteiger partial charge in [0.25, 0.3) is 5.91 Å². The van der Waals surface area contributed by atoms with Gasteiger partial charge in [-0.15, -0.1) is 0 Å². The third kappa shape index (κ3) is 4.34. The first-order chi connectivity index (χ1) is 8.69. The number of carbonyl (C=O) groups excluding carboxylic acids is 1. The van der Waals surface area contributed by atoms with E-state index in [0.717, 1.165) is 0 Å². The quantitative estimate of drug-likeness (QED) is 0.550. The lowest BCUT2D eigenvalue weighted by atomic mass is 10.3. The topological polar surface area (TPSA) is 102 Å². The molecule has 0 aliphatic heterocycles. The molecular formula is C11H20N4O3. The van der Waals surface area contributed by atoms with E-state index < -0.39 is 0 Å². The smallest absolute Gasteiger partial charge is 0.273 e. The highest BCUT2D eigenvalue weighted by Gasteiger charge is 2.13. The third-order valence-electron chi connectivity index (χ3n) is 2.32. The van der Waals surface area contributed by atoms with Crippen molar-refractivity contribution in [2.75, 3.05) is 32.1 Å². The second-order valence-electron chi connectivity index (χ2n) is 3.73. The van der Waals surface area contributed by atoms with E-state index in [1.807, 2.05) is 6.92 Å². The minimum Gasteiger partial charge on any atom is -0.396 e. The first-order valence-electron chi connectivity index (χ1n) is 5.98. The van der Waals surface area contributed by atoms with Crippen molar-refractivity contribution in [3.8, 4) is 0 Å². The monoisotopic (exact) mass is 256 g/mol. The van der Waals surface area contributed by atoms with Crippen molar-refractivity contribution in [1.82, 2.24) is 15.1 Å². The van der Waals surface area contributed by atoms with Crippen LogP contribution >= 0.6 is 0 Å². The van der Waals surface area contributed by atoms with Gasteiger partial charge in [-0.1, -0.05) is 0 Å². The molecule has 0 spiro atoms. The largest absolute Gasteiger partial charge is 0.396 e. The van der Waals surface area contributed by atoms with E-state index in [1.54, 1.807) is 10.9 Å². The van der Waals surface area contributed by atoms with Gasteiger partial charge in [0.2, 0.25) is 0 Å². The number of carbonyl (C=O) groups is 1. The summed E-state index contributed by atoms with van der Waals surface area (Å²) < 4.78 is 6.69. The van der Waals surface area contributed by atoms with E-state index in [-0.39, 0.29) is 18.2 Å². The Morgan fingerprint density at radius 1 is 1.61 bits per heavy atom. The number of aliphatic hydroxyl groups excluding tert-OH is 1. The van der Waals surface area contributed by atoms with Gasteiger partial charge in [-0.25, -0.2) is 0 Å². The molecule has 0 bridgehead atoms. The number of nitrogens with zero attached hydrogens (tertiary/aromatic N) is 2. The van der Waals surface area contributed by atoms with Crippen molar-refractivity contribution < 1.29 is 14.6 Å². The Labute approximate surface area is 106 Å². The zero-order valence-electron chi connectivity index (χ0n) is 10.6. The van der Waals surface area contributed by atoms with E-state index in [2.05, 4.69) is 10.4 Å². The molecule has 1 rings (SSSR count). The highest BCUT2D eigenvalue weighted by Crippen LogP contribution is 2.08. The molecule has 102 valence electrons. The molecular weight excluding hydrogens is 236 g/mol. The molecule has 1 aromatic heterocycles. The van der Waals surface area contributed by atoms with Crippen LogP contribution in [0, 0.1) is 0 Å². The highest BCUT2D eigenvalue weighted by molar-refractivity contribution is 5.96. The number of aryl methyl sites for hydroxylation is 1. The highest BCUT2D eigenvalue weighted by atomic mass is 16.5. The molecule has 0 atom stereocenters. The van der Waals surface area contributed by atoms with Crippen LogP contribution in [-0.4, -0.2) is 47.2 Å².